The largest absolute Gasteiger partial charge is 0.461 e. The molecule has 2 heterocycles. The molecule has 2 atom stereocenters. The Morgan fingerprint density at radius 3 is 2.82 bits per heavy atom. The molecule has 0 spiro atoms. The molecule has 0 bridgehead atoms. The maximum atomic E-state index is 11.8. The topological polar surface area (TPSA) is 47.4 Å². The van der Waals surface area contributed by atoms with Crippen molar-refractivity contribution in [2.24, 2.45) is 0 Å². The number of hydrogen-bond acceptors (Lipinski definition) is 4. The third kappa shape index (κ3) is 3.20. The van der Waals surface area contributed by atoms with Gasteiger partial charge in [0.2, 0.25) is 0 Å². The molecule has 22 heavy (non-hydrogen) atoms. The molecule has 1 aliphatic heterocycles. The number of hydrogen-bond donors (Lipinski definition) is 0. The van der Waals surface area contributed by atoms with Gasteiger partial charge in [0.05, 0.1) is 6.54 Å². The number of imidazole rings is 1. The monoisotopic (exact) mass is 299 g/mol. The molecule has 2 aromatic rings. The average molecular weight is 299 g/mol. The molecule has 1 aromatic heterocycles. The summed E-state index contributed by atoms with van der Waals surface area (Å²) >= 11 is 0. The van der Waals surface area contributed by atoms with Gasteiger partial charge >= 0.3 is 5.97 Å². The quantitative estimate of drug-likeness (QED) is 0.793. The van der Waals surface area contributed by atoms with E-state index >= 15 is 0 Å². The fraction of sp³-hybridized carbons (Fsp3) is 0.412. The molecular formula is C17H21N3O2. The Bertz CT molecular complexity index is 638. The molecule has 0 N–H and O–H groups in total. The van der Waals surface area contributed by atoms with Crippen molar-refractivity contribution < 1.29 is 9.53 Å². The van der Waals surface area contributed by atoms with E-state index in [9.17, 15) is 4.79 Å². The third-order valence-corrected chi connectivity index (χ3v) is 4.06. The van der Waals surface area contributed by atoms with E-state index in [4.69, 9.17) is 4.74 Å². The first kappa shape index (κ1) is 14.8. The van der Waals surface area contributed by atoms with Crippen molar-refractivity contribution in [3.8, 4) is 0 Å². The van der Waals surface area contributed by atoms with Gasteiger partial charge < -0.3 is 9.30 Å². The molecule has 2 unspecified atom stereocenters. The highest BCUT2D eigenvalue weighted by atomic mass is 16.6. The van der Waals surface area contributed by atoms with Crippen LogP contribution < -0.4 is 0 Å². The SMILES string of the molecule is CC1CC(N(C)Cc2nccn2Cc2ccccc2)C(=O)O1. The van der Waals surface area contributed by atoms with E-state index in [-0.39, 0.29) is 18.1 Å². The van der Waals surface area contributed by atoms with Gasteiger partial charge in [-0.1, -0.05) is 30.3 Å². The van der Waals surface area contributed by atoms with Crippen molar-refractivity contribution in [3.05, 3.63) is 54.1 Å². The van der Waals surface area contributed by atoms with Crippen LogP contribution >= 0.6 is 0 Å². The standard InChI is InChI=1S/C17H21N3O2/c1-13-10-15(17(21)22-13)19(2)12-16-18-8-9-20(16)11-14-6-4-3-5-7-14/h3-9,13,15H,10-12H2,1-2H3. The summed E-state index contributed by atoms with van der Waals surface area (Å²) in [5.41, 5.74) is 1.23. The normalized spacial score (nSPS) is 21.3. The van der Waals surface area contributed by atoms with E-state index in [2.05, 4.69) is 21.7 Å². The van der Waals surface area contributed by atoms with Crippen LogP contribution in [-0.2, 0) is 22.6 Å². The van der Waals surface area contributed by atoms with Gasteiger partial charge in [-0.2, -0.15) is 0 Å². The highest BCUT2D eigenvalue weighted by molar-refractivity contribution is 5.77. The van der Waals surface area contributed by atoms with Gasteiger partial charge in [0, 0.05) is 25.4 Å². The number of ether oxygens (including phenoxy) is 1. The minimum Gasteiger partial charge on any atom is -0.461 e. The van der Waals surface area contributed by atoms with Crippen LogP contribution in [0.15, 0.2) is 42.7 Å². The summed E-state index contributed by atoms with van der Waals surface area (Å²) in [7, 11) is 1.95. The summed E-state index contributed by atoms with van der Waals surface area (Å²) in [6.45, 7) is 3.35. The Kier molecular flexibility index (Phi) is 4.24. The second kappa shape index (κ2) is 6.32. The van der Waals surface area contributed by atoms with Gasteiger partial charge in [0.1, 0.15) is 18.0 Å². The second-order valence-electron chi connectivity index (χ2n) is 5.87. The molecule has 3 rings (SSSR count). The minimum atomic E-state index is -0.170. The summed E-state index contributed by atoms with van der Waals surface area (Å²) in [6.07, 6.45) is 4.53. The first-order valence-electron chi connectivity index (χ1n) is 7.58. The Morgan fingerprint density at radius 2 is 2.14 bits per heavy atom. The molecule has 0 aliphatic carbocycles. The Balaban J connectivity index is 1.68. The third-order valence-electron chi connectivity index (χ3n) is 4.06. The van der Waals surface area contributed by atoms with Crippen LogP contribution in [0.4, 0.5) is 0 Å². The van der Waals surface area contributed by atoms with Crippen LogP contribution in [0.3, 0.4) is 0 Å². The lowest BCUT2D eigenvalue weighted by Gasteiger charge is -2.21. The molecule has 1 fully saturated rings. The maximum absolute atomic E-state index is 11.8. The van der Waals surface area contributed by atoms with Crippen LogP contribution in [0.1, 0.15) is 24.7 Å². The fourth-order valence-corrected chi connectivity index (χ4v) is 2.84. The molecule has 0 saturated carbocycles. The molecule has 5 heteroatoms. The summed E-state index contributed by atoms with van der Waals surface area (Å²) < 4.78 is 7.35. The highest BCUT2D eigenvalue weighted by Crippen LogP contribution is 2.20. The maximum Gasteiger partial charge on any atom is 0.323 e. The number of aromatic nitrogens is 2. The van der Waals surface area contributed by atoms with E-state index < -0.39 is 0 Å². The van der Waals surface area contributed by atoms with E-state index in [1.54, 1.807) is 0 Å². The fourth-order valence-electron chi connectivity index (χ4n) is 2.84. The van der Waals surface area contributed by atoms with Gasteiger partial charge in [0.25, 0.3) is 0 Å². The Morgan fingerprint density at radius 1 is 1.36 bits per heavy atom. The Labute approximate surface area is 130 Å². The van der Waals surface area contributed by atoms with E-state index in [1.165, 1.54) is 5.56 Å². The molecule has 1 saturated heterocycles. The minimum absolute atomic E-state index is 0.00372. The number of carbonyl (C=O) groups is 1. The van der Waals surface area contributed by atoms with E-state index in [1.807, 2.05) is 49.5 Å². The smallest absolute Gasteiger partial charge is 0.323 e. The first-order valence-corrected chi connectivity index (χ1v) is 7.58. The van der Waals surface area contributed by atoms with Gasteiger partial charge in [-0.15, -0.1) is 0 Å². The van der Waals surface area contributed by atoms with Crippen molar-refractivity contribution in [3.63, 3.8) is 0 Å². The summed E-state index contributed by atoms with van der Waals surface area (Å²) in [5, 5.41) is 0. The zero-order valence-electron chi connectivity index (χ0n) is 13.0. The molecule has 5 nitrogen and oxygen atoms in total. The summed E-state index contributed by atoms with van der Waals surface area (Å²) in [5.74, 6) is 0.829. The van der Waals surface area contributed by atoms with Gasteiger partial charge in [-0.05, 0) is 19.5 Å². The molecule has 0 amide bonds. The van der Waals surface area contributed by atoms with Crippen LogP contribution in [0.2, 0.25) is 0 Å². The van der Waals surface area contributed by atoms with Crippen molar-refractivity contribution in [1.82, 2.24) is 14.5 Å². The van der Waals surface area contributed by atoms with Crippen molar-refractivity contribution >= 4 is 5.97 Å². The predicted molar refractivity (Wildman–Crippen MR) is 83.2 cm³/mol. The number of likely N-dealkylation sites (N-methyl/N-ethyl adjacent to an activating group) is 1. The van der Waals surface area contributed by atoms with Crippen molar-refractivity contribution in [2.75, 3.05) is 7.05 Å². The Hall–Kier alpha value is -2.14. The lowest BCUT2D eigenvalue weighted by atomic mass is 10.1. The highest BCUT2D eigenvalue weighted by Gasteiger charge is 2.35. The second-order valence-corrected chi connectivity index (χ2v) is 5.87. The van der Waals surface area contributed by atoms with Gasteiger partial charge in [-0.3, -0.25) is 9.69 Å². The van der Waals surface area contributed by atoms with Crippen LogP contribution in [-0.4, -0.2) is 39.6 Å². The molecule has 1 aliphatic rings. The number of rotatable bonds is 5. The first-order chi connectivity index (χ1) is 10.6. The molecule has 1 aromatic carbocycles. The lowest BCUT2D eigenvalue weighted by Crippen LogP contribution is -2.35. The molecule has 0 radical (unpaired) electrons. The molecular weight excluding hydrogens is 278 g/mol. The summed E-state index contributed by atoms with van der Waals surface area (Å²) in [4.78, 5) is 18.3. The lowest BCUT2D eigenvalue weighted by molar-refractivity contribution is -0.144. The zero-order chi connectivity index (χ0) is 15.5. The summed E-state index contributed by atoms with van der Waals surface area (Å²) in [6, 6.07) is 10.1. The van der Waals surface area contributed by atoms with Crippen LogP contribution in [0.25, 0.3) is 0 Å². The van der Waals surface area contributed by atoms with E-state index in [0.29, 0.717) is 6.54 Å². The zero-order valence-corrected chi connectivity index (χ0v) is 13.0. The number of esters is 1. The molecule has 116 valence electrons. The van der Waals surface area contributed by atoms with Crippen LogP contribution in [0.5, 0.6) is 0 Å². The van der Waals surface area contributed by atoms with Gasteiger partial charge in [-0.25, -0.2) is 4.98 Å². The average Bonchev–Trinajstić information content (AvgIpc) is 3.06. The predicted octanol–water partition coefficient (Wildman–Crippen LogP) is 2.07. The number of carbonyl (C=O) groups excluding carboxylic acids is 1. The number of nitrogens with zero attached hydrogens (tertiary/aromatic N) is 3. The van der Waals surface area contributed by atoms with Crippen LogP contribution in [0, 0.1) is 0 Å². The van der Waals surface area contributed by atoms with Gasteiger partial charge in [0.15, 0.2) is 0 Å². The van der Waals surface area contributed by atoms with E-state index in [0.717, 1.165) is 18.8 Å². The van der Waals surface area contributed by atoms with Crippen molar-refractivity contribution in [2.45, 2.75) is 38.6 Å². The van der Waals surface area contributed by atoms with Crippen molar-refractivity contribution in [1.29, 1.82) is 0 Å². The number of benzene rings is 1. The number of cyclic esters (lactones) is 1.